The molecule has 5 nitrogen and oxygen atoms in total. The number of aromatic nitrogens is 1. The topological polar surface area (TPSA) is 72.6 Å². The Kier molecular flexibility index (Phi) is 10.4. The molecule has 46 heavy (non-hydrogen) atoms. The van der Waals surface area contributed by atoms with Crippen LogP contribution in [0.2, 0.25) is 0 Å². The third-order valence-corrected chi connectivity index (χ3v) is 8.93. The molecule has 0 atom stereocenters. The van der Waals surface area contributed by atoms with Crippen molar-refractivity contribution in [3.63, 3.8) is 0 Å². The van der Waals surface area contributed by atoms with Crippen LogP contribution >= 0.6 is 0 Å². The number of carbonyl (C=O) groups excluding carboxylic acids is 1. The second-order valence-electron chi connectivity index (χ2n) is 11.5. The van der Waals surface area contributed by atoms with Gasteiger partial charge in [0.05, 0.1) is 23.1 Å². The number of furan rings is 1. The second-order valence-corrected chi connectivity index (χ2v) is 11.5. The van der Waals surface area contributed by atoms with Gasteiger partial charge in [0.25, 0.3) is 0 Å². The number of para-hydroxylation sites is 1. The van der Waals surface area contributed by atoms with Crippen LogP contribution < -0.4 is 4.74 Å². The summed E-state index contributed by atoms with van der Waals surface area (Å²) < 4.78 is 12.2. The number of aliphatic hydroxyl groups excluding tert-OH is 1. The van der Waals surface area contributed by atoms with E-state index in [1.807, 2.05) is 76.2 Å². The Morgan fingerprint density at radius 2 is 1.61 bits per heavy atom. The van der Waals surface area contributed by atoms with Crippen LogP contribution in [0.15, 0.2) is 95.3 Å². The number of rotatable bonds is 8. The van der Waals surface area contributed by atoms with E-state index in [2.05, 4.69) is 36.4 Å². The average molecular weight is 789 g/mol. The fraction of sp³-hybridized carbons (Fsp3) is 0.250. The number of ketones is 1. The molecule has 1 aliphatic rings. The molecule has 0 amide bonds. The van der Waals surface area contributed by atoms with Crippen LogP contribution in [0.1, 0.15) is 58.9 Å². The molecule has 0 aliphatic carbocycles. The number of carbonyl (C=O) groups is 1. The minimum absolute atomic E-state index is 0. The zero-order chi connectivity index (χ0) is 31.5. The molecule has 6 aromatic rings. The van der Waals surface area contributed by atoms with Gasteiger partial charge in [-0.1, -0.05) is 81.1 Å². The van der Waals surface area contributed by atoms with Gasteiger partial charge in [0.2, 0.25) is 0 Å². The number of hydrogen-bond acceptors (Lipinski definition) is 5. The van der Waals surface area contributed by atoms with Crippen LogP contribution in [0.4, 0.5) is 0 Å². The Morgan fingerprint density at radius 1 is 0.870 bits per heavy atom. The number of aliphatic hydroxyl groups is 1. The van der Waals surface area contributed by atoms with Gasteiger partial charge in [-0.25, -0.2) is 0 Å². The van der Waals surface area contributed by atoms with E-state index >= 15 is 0 Å². The third kappa shape index (κ3) is 6.25. The minimum atomic E-state index is 0. The van der Waals surface area contributed by atoms with E-state index in [0.29, 0.717) is 0 Å². The largest absolute Gasteiger partial charge is 0.512 e. The van der Waals surface area contributed by atoms with Crippen molar-refractivity contribution in [2.24, 2.45) is 11.8 Å². The van der Waals surface area contributed by atoms with E-state index < -0.39 is 0 Å². The maximum absolute atomic E-state index is 11.7. The molecule has 0 saturated carbocycles. The van der Waals surface area contributed by atoms with Crippen LogP contribution in [-0.2, 0) is 24.9 Å². The van der Waals surface area contributed by atoms with Crippen molar-refractivity contribution in [1.29, 1.82) is 0 Å². The molecule has 7 rings (SSSR count). The number of pyridine rings is 1. The smallest absolute Gasteiger partial charge is 0.162 e. The number of ether oxygens (including phenoxy) is 1. The van der Waals surface area contributed by atoms with E-state index in [9.17, 15) is 9.90 Å². The predicted octanol–water partition coefficient (Wildman–Crippen LogP) is 11.0. The summed E-state index contributed by atoms with van der Waals surface area (Å²) in [4.78, 5) is 16.6. The Bertz CT molecular complexity index is 2080. The molecular weight excluding hydrogens is 751 g/mol. The molecular formula is C40H38IrNO4-. The van der Waals surface area contributed by atoms with Crippen LogP contribution in [0.3, 0.4) is 0 Å². The van der Waals surface area contributed by atoms with Gasteiger partial charge in [-0.3, -0.25) is 9.78 Å². The van der Waals surface area contributed by atoms with E-state index in [0.717, 1.165) is 91.9 Å². The van der Waals surface area contributed by atoms with Crippen molar-refractivity contribution >= 4 is 55.5 Å². The average Bonchev–Trinajstić information content (AvgIpc) is 3.45. The SMILES string of the molecule is CCC(CC)C(=O)/C=C(\O)C(CC)CC.[Ir].[c-]1ccc2c(oc3c4c5c(cccc5cc32)OC=C4)c1-c1ccc2ccccc2n1. The Hall–Kier alpha value is -4.25. The maximum Gasteiger partial charge on any atom is 0.162 e. The summed E-state index contributed by atoms with van der Waals surface area (Å²) in [5.41, 5.74) is 5.42. The predicted molar refractivity (Wildman–Crippen MR) is 184 cm³/mol. The van der Waals surface area contributed by atoms with Crippen molar-refractivity contribution < 1.29 is 39.2 Å². The van der Waals surface area contributed by atoms with Gasteiger partial charge in [-0.15, -0.1) is 18.2 Å². The molecule has 6 heteroatoms. The fourth-order valence-corrected chi connectivity index (χ4v) is 6.26. The molecule has 0 saturated heterocycles. The van der Waals surface area contributed by atoms with E-state index in [1.54, 1.807) is 6.26 Å². The number of fused-ring (bicyclic) bond motifs is 5. The van der Waals surface area contributed by atoms with Gasteiger partial charge < -0.3 is 14.3 Å². The Labute approximate surface area is 283 Å². The van der Waals surface area contributed by atoms with E-state index in [-0.39, 0.29) is 43.5 Å². The van der Waals surface area contributed by atoms with Gasteiger partial charge >= 0.3 is 0 Å². The molecule has 3 heterocycles. The molecule has 1 radical (unpaired) electrons. The first kappa shape index (κ1) is 33.1. The quantitative estimate of drug-likeness (QED) is 0.0945. The summed E-state index contributed by atoms with van der Waals surface area (Å²) in [7, 11) is 0. The molecule has 2 aromatic heterocycles. The van der Waals surface area contributed by atoms with Gasteiger partial charge in [-0.2, -0.15) is 0 Å². The van der Waals surface area contributed by atoms with Gasteiger partial charge in [0, 0.05) is 54.4 Å². The van der Waals surface area contributed by atoms with Crippen LogP contribution in [0.5, 0.6) is 5.75 Å². The summed E-state index contributed by atoms with van der Waals surface area (Å²) in [6.07, 6.45) is 8.61. The summed E-state index contributed by atoms with van der Waals surface area (Å²) >= 11 is 0. The number of benzene rings is 4. The first-order chi connectivity index (χ1) is 22.0. The Morgan fingerprint density at radius 3 is 2.37 bits per heavy atom. The normalized spacial score (nSPS) is 12.4. The molecule has 4 aromatic carbocycles. The van der Waals surface area contributed by atoms with E-state index in [4.69, 9.17) is 14.1 Å². The van der Waals surface area contributed by atoms with E-state index in [1.165, 1.54) is 6.08 Å². The van der Waals surface area contributed by atoms with Crippen molar-refractivity contribution in [1.82, 2.24) is 4.98 Å². The standard InChI is InChI=1S/C27H14NO2.C13H24O2.Ir/c1-2-9-22-16(5-1)11-12-23(28-22)19-8-4-7-18-21-15-17-6-3-10-24-25(17)20(13-14-29-24)27(21)30-26(18)19;1-5-10(6-2)12(14)9-13(15)11(7-3)8-4;/h1-7,9-15H;9-11,14H,5-8H2,1-4H3;/q-1;;/b;12-9-;. The first-order valence-corrected chi connectivity index (χ1v) is 15.9. The van der Waals surface area contributed by atoms with Gasteiger partial charge in [-0.05, 0) is 66.4 Å². The number of nitrogens with zero attached hydrogens (tertiary/aromatic N) is 1. The number of hydrogen-bond donors (Lipinski definition) is 1. The fourth-order valence-electron chi connectivity index (χ4n) is 6.26. The summed E-state index contributed by atoms with van der Waals surface area (Å²) in [6, 6.07) is 27.9. The molecule has 0 spiro atoms. The molecule has 0 unspecified atom stereocenters. The molecule has 0 bridgehead atoms. The first-order valence-electron chi connectivity index (χ1n) is 15.9. The maximum atomic E-state index is 11.7. The zero-order valence-electron chi connectivity index (χ0n) is 26.6. The van der Waals surface area contributed by atoms with Crippen LogP contribution in [0, 0.1) is 17.9 Å². The molecule has 1 aliphatic heterocycles. The summed E-state index contributed by atoms with van der Waals surface area (Å²) in [5, 5.41) is 15.3. The molecule has 1 N–H and O–H groups in total. The van der Waals surface area contributed by atoms with Crippen molar-refractivity contribution in [3.8, 4) is 17.0 Å². The van der Waals surface area contributed by atoms with Crippen LogP contribution in [0.25, 0.3) is 60.9 Å². The van der Waals surface area contributed by atoms with Gasteiger partial charge in [0.15, 0.2) is 5.78 Å². The minimum Gasteiger partial charge on any atom is -0.512 e. The summed E-state index contributed by atoms with van der Waals surface area (Å²) in [6.45, 7) is 8.07. The van der Waals surface area contributed by atoms with Crippen LogP contribution in [-0.4, -0.2) is 15.9 Å². The molecule has 237 valence electrons. The number of allylic oxidation sites excluding steroid dienone is 2. The molecule has 0 fully saturated rings. The Balaban J connectivity index is 0.000000225. The monoisotopic (exact) mass is 789 g/mol. The van der Waals surface area contributed by atoms with Crippen molar-refractivity contribution in [3.05, 3.63) is 103 Å². The summed E-state index contributed by atoms with van der Waals surface area (Å²) in [5.74, 6) is 1.40. The zero-order valence-corrected chi connectivity index (χ0v) is 29.0. The van der Waals surface area contributed by atoms with Crippen molar-refractivity contribution in [2.45, 2.75) is 53.4 Å². The van der Waals surface area contributed by atoms with Gasteiger partial charge in [0.1, 0.15) is 11.3 Å². The second kappa shape index (κ2) is 14.5. The van der Waals surface area contributed by atoms with Crippen molar-refractivity contribution in [2.75, 3.05) is 0 Å². The third-order valence-electron chi connectivity index (χ3n) is 8.93.